The van der Waals surface area contributed by atoms with Crippen molar-refractivity contribution in [3.8, 4) is 0 Å². The van der Waals surface area contributed by atoms with E-state index in [0.717, 1.165) is 37.4 Å². The zero-order valence-electron chi connectivity index (χ0n) is 12.1. The molecule has 0 bridgehead atoms. The second-order valence-electron chi connectivity index (χ2n) is 5.14. The molecule has 1 atom stereocenters. The first-order valence-corrected chi connectivity index (χ1v) is 6.88. The van der Waals surface area contributed by atoms with E-state index in [1.807, 2.05) is 24.3 Å². The van der Waals surface area contributed by atoms with Crippen LogP contribution in [0.1, 0.15) is 11.5 Å². The van der Waals surface area contributed by atoms with Crippen molar-refractivity contribution >= 4 is 11.7 Å². The van der Waals surface area contributed by atoms with Gasteiger partial charge in [-0.3, -0.25) is 4.79 Å². The molecule has 20 heavy (non-hydrogen) atoms. The van der Waals surface area contributed by atoms with Crippen LogP contribution < -0.4 is 4.90 Å². The molecule has 1 unspecified atom stereocenters. The molecule has 2 rings (SSSR count). The summed E-state index contributed by atoms with van der Waals surface area (Å²) in [6.07, 6.45) is 0. The summed E-state index contributed by atoms with van der Waals surface area (Å²) in [5, 5.41) is 9.40. The number of ether oxygens (including phenoxy) is 1. The van der Waals surface area contributed by atoms with Gasteiger partial charge >= 0.3 is 5.97 Å². The van der Waals surface area contributed by atoms with E-state index in [9.17, 15) is 9.90 Å². The minimum atomic E-state index is -0.604. The number of carbonyl (C=O) groups is 1. The Morgan fingerprint density at radius 3 is 2.65 bits per heavy atom. The van der Waals surface area contributed by atoms with Crippen molar-refractivity contribution in [1.29, 1.82) is 0 Å². The maximum absolute atomic E-state index is 11.7. The van der Waals surface area contributed by atoms with Gasteiger partial charge in [-0.05, 0) is 24.7 Å². The fraction of sp³-hybridized carbons (Fsp3) is 0.533. The van der Waals surface area contributed by atoms with Gasteiger partial charge in [0.05, 0.1) is 13.7 Å². The van der Waals surface area contributed by atoms with Crippen molar-refractivity contribution < 1.29 is 14.6 Å². The summed E-state index contributed by atoms with van der Waals surface area (Å²) in [7, 11) is 3.46. The topological polar surface area (TPSA) is 53.0 Å². The Balaban J connectivity index is 2.16. The Hall–Kier alpha value is -1.59. The first kappa shape index (κ1) is 14.8. The SMILES string of the molecule is COC(=O)C(CO)c1cccc(N2CCN(C)CC2)c1. The number of aliphatic hydroxyl groups is 1. The highest BCUT2D eigenvalue weighted by Gasteiger charge is 2.22. The van der Waals surface area contributed by atoms with Crippen LogP contribution in [0.3, 0.4) is 0 Å². The molecule has 1 aromatic rings. The minimum Gasteiger partial charge on any atom is -0.468 e. The van der Waals surface area contributed by atoms with E-state index >= 15 is 0 Å². The maximum atomic E-state index is 11.7. The lowest BCUT2D eigenvalue weighted by atomic mass is 9.99. The van der Waals surface area contributed by atoms with Crippen LogP contribution in [0.15, 0.2) is 24.3 Å². The van der Waals surface area contributed by atoms with Crippen LogP contribution >= 0.6 is 0 Å². The largest absolute Gasteiger partial charge is 0.468 e. The molecule has 1 heterocycles. The lowest BCUT2D eigenvalue weighted by Gasteiger charge is -2.34. The van der Waals surface area contributed by atoms with E-state index in [0.29, 0.717) is 0 Å². The molecule has 1 aliphatic rings. The normalized spacial score (nSPS) is 17.9. The Morgan fingerprint density at radius 2 is 2.05 bits per heavy atom. The number of anilines is 1. The van der Waals surface area contributed by atoms with E-state index in [1.165, 1.54) is 7.11 Å². The number of likely N-dealkylation sites (N-methyl/N-ethyl adjacent to an activating group) is 1. The Morgan fingerprint density at radius 1 is 1.35 bits per heavy atom. The highest BCUT2D eigenvalue weighted by Crippen LogP contribution is 2.23. The van der Waals surface area contributed by atoms with E-state index in [4.69, 9.17) is 4.74 Å². The van der Waals surface area contributed by atoms with E-state index in [1.54, 1.807) is 0 Å². The summed E-state index contributed by atoms with van der Waals surface area (Å²) in [6, 6.07) is 7.80. The molecule has 5 heteroatoms. The smallest absolute Gasteiger partial charge is 0.315 e. The van der Waals surface area contributed by atoms with Crippen molar-refractivity contribution in [2.24, 2.45) is 0 Å². The number of hydrogen-bond acceptors (Lipinski definition) is 5. The zero-order valence-corrected chi connectivity index (χ0v) is 12.1. The molecule has 1 N–H and O–H groups in total. The van der Waals surface area contributed by atoms with Crippen LogP contribution in [0.2, 0.25) is 0 Å². The molecule has 0 aromatic heterocycles. The molecule has 0 spiro atoms. The molecule has 1 fully saturated rings. The lowest BCUT2D eigenvalue weighted by molar-refractivity contribution is -0.143. The Bertz CT molecular complexity index is 456. The van der Waals surface area contributed by atoms with Gasteiger partial charge in [0, 0.05) is 31.9 Å². The van der Waals surface area contributed by atoms with Crippen molar-refractivity contribution in [1.82, 2.24) is 4.90 Å². The van der Waals surface area contributed by atoms with Crippen molar-refractivity contribution in [2.45, 2.75) is 5.92 Å². The molecule has 1 aromatic carbocycles. The molecule has 0 saturated carbocycles. The minimum absolute atomic E-state index is 0.237. The van der Waals surface area contributed by atoms with E-state index in [-0.39, 0.29) is 6.61 Å². The molecule has 5 nitrogen and oxygen atoms in total. The second kappa shape index (κ2) is 6.72. The lowest BCUT2D eigenvalue weighted by Crippen LogP contribution is -2.44. The molecule has 0 aliphatic carbocycles. The Labute approximate surface area is 119 Å². The average Bonchev–Trinajstić information content (AvgIpc) is 2.49. The van der Waals surface area contributed by atoms with Gasteiger partial charge in [0.2, 0.25) is 0 Å². The average molecular weight is 278 g/mol. The maximum Gasteiger partial charge on any atom is 0.315 e. The molecule has 1 aliphatic heterocycles. The van der Waals surface area contributed by atoms with Crippen molar-refractivity contribution in [3.05, 3.63) is 29.8 Å². The van der Waals surface area contributed by atoms with Gasteiger partial charge in [-0.1, -0.05) is 12.1 Å². The third-order valence-corrected chi connectivity index (χ3v) is 3.81. The second-order valence-corrected chi connectivity index (χ2v) is 5.14. The highest BCUT2D eigenvalue weighted by molar-refractivity contribution is 5.78. The summed E-state index contributed by atoms with van der Waals surface area (Å²) < 4.78 is 4.74. The standard InChI is InChI=1S/C15H22N2O3/c1-16-6-8-17(9-7-16)13-5-3-4-12(10-13)14(11-18)15(19)20-2/h3-5,10,14,18H,6-9,11H2,1-2H3. The fourth-order valence-electron chi connectivity index (χ4n) is 2.46. The zero-order chi connectivity index (χ0) is 14.5. The van der Waals surface area contributed by atoms with Gasteiger partial charge in [-0.2, -0.15) is 0 Å². The third kappa shape index (κ3) is 3.29. The number of methoxy groups -OCH3 is 1. The third-order valence-electron chi connectivity index (χ3n) is 3.81. The predicted molar refractivity (Wildman–Crippen MR) is 78.0 cm³/mol. The molecule has 0 radical (unpaired) electrons. The van der Waals surface area contributed by atoms with Crippen LogP contribution in [0, 0.1) is 0 Å². The fourth-order valence-corrected chi connectivity index (χ4v) is 2.46. The van der Waals surface area contributed by atoms with Gasteiger partial charge in [0.1, 0.15) is 5.92 Å². The molecular weight excluding hydrogens is 256 g/mol. The number of aliphatic hydroxyl groups excluding tert-OH is 1. The van der Waals surface area contributed by atoms with Gasteiger partial charge in [-0.15, -0.1) is 0 Å². The Kier molecular flexibility index (Phi) is 4.98. The van der Waals surface area contributed by atoms with Crippen LogP contribution in [-0.2, 0) is 9.53 Å². The van der Waals surface area contributed by atoms with Gasteiger partial charge in [0.25, 0.3) is 0 Å². The van der Waals surface area contributed by atoms with Gasteiger partial charge in [-0.25, -0.2) is 0 Å². The summed E-state index contributed by atoms with van der Waals surface area (Å²) in [5.41, 5.74) is 1.90. The quantitative estimate of drug-likeness (QED) is 0.821. The summed E-state index contributed by atoms with van der Waals surface area (Å²) in [5.74, 6) is -1.00. The number of rotatable bonds is 4. The van der Waals surface area contributed by atoms with Gasteiger partial charge < -0.3 is 19.6 Å². The van der Waals surface area contributed by atoms with E-state index < -0.39 is 11.9 Å². The van der Waals surface area contributed by atoms with Crippen LogP contribution in [0.25, 0.3) is 0 Å². The monoisotopic (exact) mass is 278 g/mol. The predicted octanol–water partition coefficient (Wildman–Crippen LogP) is 0.687. The number of benzene rings is 1. The number of nitrogens with zero attached hydrogens (tertiary/aromatic N) is 2. The van der Waals surface area contributed by atoms with Crippen molar-refractivity contribution in [2.75, 3.05) is 51.8 Å². The van der Waals surface area contributed by atoms with E-state index in [2.05, 4.69) is 16.8 Å². The number of carbonyl (C=O) groups excluding carboxylic acids is 1. The number of hydrogen-bond donors (Lipinski definition) is 1. The first-order chi connectivity index (χ1) is 9.65. The molecular formula is C15H22N2O3. The molecule has 1 saturated heterocycles. The summed E-state index contributed by atoms with van der Waals surface area (Å²) >= 11 is 0. The number of piperazine rings is 1. The van der Waals surface area contributed by atoms with Crippen molar-refractivity contribution in [3.63, 3.8) is 0 Å². The van der Waals surface area contributed by atoms with Crippen LogP contribution in [0.4, 0.5) is 5.69 Å². The van der Waals surface area contributed by atoms with Crippen LogP contribution in [-0.4, -0.2) is 62.9 Å². The first-order valence-electron chi connectivity index (χ1n) is 6.88. The molecule has 0 amide bonds. The summed E-state index contributed by atoms with van der Waals surface area (Å²) in [6.45, 7) is 3.78. The van der Waals surface area contributed by atoms with Crippen LogP contribution in [0.5, 0.6) is 0 Å². The number of esters is 1. The summed E-state index contributed by atoms with van der Waals surface area (Å²) in [4.78, 5) is 16.3. The molecule has 110 valence electrons. The highest BCUT2D eigenvalue weighted by atomic mass is 16.5. The van der Waals surface area contributed by atoms with Gasteiger partial charge in [0.15, 0.2) is 0 Å².